The maximum absolute atomic E-state index is 13.6. The van der Waals surface area contributed by atoms with Crippen molar-refractivity contribution in [3.63, 3.8) is 0 Å². The van der Waals surface area contributed by atoms with Crippen LogP contribution in [-0.2, 0) is 0 Å². The molecule has 5 rings (SSSR count). The Morgan fingerprint density at radius 1 is 1.06 bits per heavy atom. The molecule has 0 aliphatic rings. The largest absolute Gasteiger partial charge is 0.482 e. The quantitative estimate of drug-likeness (QED) is 0.347. The number of nitrogens with one attached hydrogen (secondary N) is 1. The number of anilines is 2. The molecule has 11 heteroatoms. The van der Waals surface area contributed by atoms with Gasteiger partial charge in [-0.3, -0.25) is 0 Å². The molecule has 1 atom stereocenters. The van der Waals surface area contributed by atoms with E-state index in [0.717, 1.165) is 6.20 Å². The number of hydrogen-bond acceptors (Lipinski definition) is 7. The summed E-state index contributed by atoms with van der Waals surface area (Å²) >= 11 is 5.93. The van der Waals surface area contributed by atoms with E-state index in [9.17, 15) is 8.78 Å². The van der Waals surface area contributed by atoms with Crippen LogP contribution in [0, 0.1) is 11.6 Å². The lowest BCUT2D eigenvalue weighted by Crippen LogP contribution is -2.09. The second-order valence-corrected chi connectivity index (χ2v) is 7.69. The summed E-state index contributed by atoms with van der Waals surface area (Å²) in [6, 6.07) is 9.37. The Morgan fingerprint density at radius 3 is 2.62 bits per heavy atom. The molecule has 0 amide bonds. The van der Waals surface area contributed by atoms with Crippen LogP contribution in [0.15, 0.2) is 67.5 Å². The van der Waals surface area contributed by atoms with Crippen molar-refractivity contribution in [3.8, 4) is 11.4 Å². The number of halogens is 3. The maximum Gasteiger partial charge on any atom is 0.168 e. The highest BCUT2D eigenvalue weighted by molar-refractivity contribution is 6.31. The molecule has 0 saturated heterocycles. The van der Waals surface area contributed by atoms with E-state index in [2.05, 4.69) is 30.4 Å². The molecule has 0 fully saturated rings. The third-order valence-corrected chi connectivity index (χ3v) is 5.23. The molecule has 34 heavy (non-hydrogen) atoms. The Bertz CT molecular complexity index is 1480. The predicted octanol–water partition coefficient (Wildman–Crippen LogP) is 5.42. The second-order valence-electron chi connectivity index (χ2n) is 7.28. The van der Waals surface area contributed by atoms with Crippen molar-refractivity contribution in [3.05, 3.63) is 90.0 Å². The molecule has 0 radical (unpaired) electrons. The van der Waals surface area contributed by atoms with Crippen molar-refractivity contribution in [2.75, 3.05) is 5.32 Å². The van der Waals surface area contributed by atoms with Crippen molar-refractivity contribution in [1.29, 1.82) is 0 Å². The third kappa shape index (κ3) is 4.35. The first-order chi connectivity index (χ1) is 16.5. The first-order valence-corrected chi connectivity index (χ1v) is 10.5. The van der Waals surface area contributed by atoms with Crippen LogP contribution in [0.3, 0.4) is 0 Å². The highest BCUT2D eigenvalue weighted by atomic mass is 35.5. The van der Waals surface area contributed by atoms with E-state index in [-0.39, 0.29) is 5.02 Å². The Hall–Kier alpha value is -4.18. The van der Waals surface area contributed by atoms with Crippen LogP contribution in [0.5, 0.6) is 5.75 Å². The lowest BCUT2D eigenvalue weighted by atomic mass is 10.1. The van der Waals surface area contributed by atoms with Crippen molar-refractivity contribution < 1.29 is 13.5 Å². The topological polar surface area (TPSA) is 90.6 Å². The van der Waals surface area contributed by atoms with Gasteiger partial charge in [0.2, 0.25) is 0 Å². The smallest absolute Gasteiger partial charge is 0.168 e. The summed E-state index contributed by atoms with van der Waals surface area (Å²) in [4.78, 5) is 17.2. The van der Waals surface area contributed by atoms with E-state index in [1.54, 1.807) is 37.5 Å². The summed E-state index contributed by atoms with van der Waals surface area (Å²) in [5.41, 5.74) is 1.56. The zero-order chi connectivity index (χ0) is 23.7. The molecular weight excluding hydrogens is 464 g/mol. The van der Waals surface area contributed by atoms with Crippen LogP contribution in [0.2, 0.25) is 5.02 Å². The van der Waals surface area contributed by atoms with Gasteiger partial charge in [-0.05, 0) is 37.3 Å². The lowest BCUT2D eigenvalue weighted by Gasteiger charge is -2.18. The molecule has 2 aromatic carbocycles. The zero-order valence-corrected chi connectivity index (χ0v) is 18.4. The molecule has 0 aliphatic heterocycles. The van der Waals surface area contributed by atoms with Gasteiger partial charge in [0.25, 0.3) is 0 Å². The molecule has 0 spiro atoms. The fourth-order valence-corrected chi connectivity index (χ4v) is 3.56. The molecule has 0 saturated carbocycles. The van der Waals surface area contributed by atoms with Crippen LogP contribution in [0.4, 0.5) is 20.3 Å². The van der Waals surface area contributed by atoms with Gasteiger partial charge in [-0.1, -0.05) is 11.6 Å². The minimum atomic E-state index is -0.531. The van der Waals surface area contributed by atoms with Crippen molar-refractivity contribution in [2.24, 2.45) is 0 Å². The Morgan fingerprint density at radius 2 is 1.88 bits per heavy atom. The lowest BCUT2D eigenvalue weighted by molar-refractivity contribution is 0.219. The number of hydrogen-bond donors (Lipinski definition) is 1. The average Bonchev–Trinajstić information content (AvgIpc) is 3.28. The van der Waals surface area contributed by atoms with Gasteiger partial charge >= 0.3 is 0 Å². The Kier molecular flexibility index (Phi) is 5.72. The second kappa shape index (κ2) is 8.99. The maximum atomic E-state index is 13.6. The molecule has 0 aliphatic carbocycles. The van der Waals surface area contributed by atoms with Crippen molar-refractivity contribution in [2.45, 2.75) is 13.0 Å². The molecule has 8 nitrogen and oxygen atoms in total. The average molecular weight is 480 g/mol. The first kappa shape index (κ1) is 21.7. The van der Waals surface area contributed by atoms with E-state index in [0.29, 0.717) is 39.7 Å². The summed E-state index contributed by atoms with van der Waals surface area (Å²) < 4.78 is 34.8. The Labute approximate surface area is 197 Å². The van der Waals surface area contributed by atoms with E-state index in [1.807, 2.05) is 0 Å². The van der Waals surface area contributed by atoms with Crippen molar-refractivity contribution >= 4 is 34.0 Å². The third-order valence-electron chi connectivity index (χ3n) is 4.94. The van der Waals surface area contributed by atoms with Gasteiger partial charge in [0, 0.05) is 24.1 Å². The summed E-state index contributed by atoms with van der Waals surface area (Å²) in [6.45, 7) is 1.80. The monoisotopic (exact) mass is 479 g/mol. The van der Waals surface area contributed by atoms with Gasteiger partial charge in [0.1, 0.15) is 23.7 Å². The number of rotatable bonds is 6. The highest BCUT2D eigenvalue weighted by Crippen LogP contribution is 2.36. The first-order valence-electron chi connectivity index (χ1n) is 10.1. The fraction of sp³-hybridized carbons (Fsp3) is 0.0870. The van der Waals surface area contributed by atoms with Gasteiger partial charge in [0.15, 0.2) is 17.7 Å². The fourth-order valence-electron chi connectivity index (χ4n) is 3.38. The summed E-state index contributed by atoms with van der Waals surface area (Å²) in [5.74, 6) is 0.257. The molecule has 170 valence electrons. The minimum Gasteiger partial charge on any atom is -0.482 e. The molecule has 3 heterocycles. The Balaban J connectivity index is 1.63. The summed E-state index contributed by atoms with van der Waals surface area (Å²) in [7, 11) is 0. The van der Waals surface area contributed by atoms with Crippen LogP contribution >= 0.6 is 11.6 Å². The summed E-state index contributed by atoms with van der Waals surface area (Å²) in [6.07, 6.45) is 6.44. The summed E-state index contributed by atoms with van der Waals surface area (Å²) in [5, 5.41) is 7.68. The molecular formula is C23H16ClF2N7O. The molecule has 1 N–H and O–H groups in total. The minimum absolute atomic E-state index is 0.0299. The molecule has 5 aromatic rings. The van der Waals surface area contributed by atoms with Crippen molar-refractivity contribution in [1.82, 2.24) is 29.7 Å². The van der Waals surface area contributed by atoms with Crippen LogP contribution in [0.25, 0.3) is 16.6 Å². The van der Waals surface area contributed by atoms with Gasteiger partial charge in [0.05, 0.1) is 34.0 Å². The van der Waals surface area contributed by atoms with E-state index >= 15 is 0 Å². The van der Waals surface area contributed by atoms with Gasteiger partial charge in [-0.15, -0.1) is 0 Å². The molecule has 0 bridgehead atoms. The van der Waals surface area contributed by atoms with Crippen LogP contribution < -0.4 is 10.1 Å². The van der Waals surface area contributed by atoms with Gasteiger partial charge in [-0.2, -0.15) is 5.10 Å². The van der Waals surface area contributed by atoms with E-state index < -0.39 is 17.7 Å². The number of benzene rings is 2. The zero-order valence-electron chi connectivity index (χ0n) is 17.7. The van der Waals surface area contributed by atoms with Gasteiger partial charge in [-0.25, -0.2) is 33.4 Å². The van der Waals surface area contributed by atoms with Gasteiger partial charge < -0.3 is 10.1 Å². The molecule has 0 unspecified atom stereocenters. The number of fused-ring (bicyclic) bond motifs is 1. The number of aromatic nitrogens is 6. The number of nitrogens with zero attached hydrogens (tertiary/aromatic N) is 6. The SMILES string of the molecule is C[C@H](Oc1cc(-n2cc(F)cn2)cc2ncnc(Nc3ccc(F)c(Cl)c3)c12)c1ncccn1. The highest BCUT2D eigenvalue weighted by Gasteiger charge is 2.18. The van der Waals surface area contributed by atoms with E-state index in [1.165, 1.54) is 35.4 Å². The predicted molar refractivity (Wildman–Crippen MR) is 122 cm³/mol. The van der Waals surface area contributed by atoms with Crippen LogP contribution in [0.1, 0.15) is 18.9 Å². The molecule has 3 aromatic heterocycles. The standard InChI is InChI=1S/C23H16ClF2N7O/c1-13(22-27-5-2-6-28-22)34-20-9-16(33-11-14(25)10-31-33)8-19-21(20)23(30-12-29-19)32-15-3-4-18(26)17(24)7-15/h2-13H,1H3,(H,29,30,32)/t13-/m0/s1. The van der Waals surface area contributed by atoms with E-state index in [4.69, 9.17) is 16.3 Å². The number of ether oxygens (including phenoxy) is 1. The normalized spacial score (nSPS) is 12.0. The van der Waals surface area contributed by atoms with Crippen LogP contribution in [-0.4, -0.2) is 29.7 Å².